The number of phenolic OH excluding ortho intramolecular Hbond substituents is 1. The summed E-state index contributed by atoms with van der Waals surface area (Å²) in [7, 11) is 0. The third kappa shape index (κ3) is 4.36. The fourth-order valence-corrected chi connectivity index (χ4v) is 3.50. The highest BCUT2D eigenvalue weighted by atomic mass is 16.4. The first kappa shape index (κ1) is 20.4. The number of anilines is 1. The van der Waals surface area contributed by atoms with Crippen LogP contribution in [0.25, 0.3) is 22.3 Å². The minimum atomic E-state index is -0.511. The number of aliphatic hydroxyl groups excluding tert-OH is 1. The number of hydrogen-bond donors (Lipinski definition) is 3. The first-order valence-corrected chi connectivity index (χ1v) is 9.80. The lowest BCUT2D eigenvalue weighted by molar-refractivity contribution is -0.116. The minimum Gasteiger partial charge on any atom is -0.508 e. The summed E-state index contributed by atoms with van der Waals surface area (Å²) in [5.41, 5.74) is 2.35. The highest BCUT2D eigenvalue weighted by molar-refractivity contribution is 5.91. The Labute approximate surface area is 177 Å². The average Bonchev–Trinajstić information content (AvgIpc) is 3.23. The monoisotopic (exact) mass is 419 g/mol. The van der Waals surface area contributed by atoms with Gasteiger partial charge >= 0.3 is 5.63 Å². The van der Waals surface area contributed by atoms with Gasteiger partial charge in [0.2, 0.25) is 5.91 Å². The summed E-state index contributed by atoms with van der Waals surface area (Å²) < 4.78 is 10.8. The maximum absolute atomic E-state index is 12.5. The molecule has 3 N–H and O–H groups in total. The summed E-state index contributed by atoms with van der Waals surface area (Å²) in [6, 6.07) is 15.2. The van der Waals surface area contributed by atoms with Crippen LogP contribution < -0.4 is 10.9 Å². The van der Waals surface area contributed by atoms with E-state index in [0.717, 1.165) is 16.5 Å². The first-order valence-electron chi connectivity index (χ1n) is 9.80. The summed E-state index contributed by atoms with van der Waals surface area (Å²) in [6.07, 6.45) is 0.337. The van der Waals surface area contributed by atoms with Crippen molar-refractivity contribution in [1.82, 2.24) is 0 Å². The third-order valence-electron chi connectivity index (χ3n) is 5.12. The number of carbonyl (C=O) groups is 1. The molecule has 0 aliphatic heterocycles. The minimum absolute atomic E-state index is 0.0199. The Morgan fingerprint density at radius 2 is 1.90 bits per heavy atom. The van der Waals surface area contributed by atoms with Crippen LogP contribution in [0.5, 0.6) is 5.75 Å². The molecule has 0 atom stereocenters. The van der Waals surface area contributed by atoms with E-state index >= 15 is 0 Å². The zero-order valence-corrected chi connectivity index (χ0v) is 16.8. The molecule has 0 aliphatic carbocycles. The maximum Gasteiger partial charge on any atom is 0.339 e. The van der Waals surface area contributed by atoms with Gasteiger partial charge in [-0.1, -0.05) is 12.1 Å². The standard InChI is InChI=1S/C24H21NO6/c1-14-19-7-5-17(27)12-22(19)31-24(29)20(14)8-10-23(28)25-16-4-2-3-15(11-16)21-9-6-18(13-26)30-21/h2-7,9,11-12,26-27H,8,10,13H2,1H3,(H,25,28). The fourth-order valence-electron chi connectivity index (χ4n) is 3.50. The maximum atomic E-state index is 12.5. The van der Waals surface area contributed by atoms with E-state index in [4.69, 9.17) is 13.9 Å². The van der Waals surface area contributed by atoms with Gasteiger partial charge in [0.15, 0.2) is 0 Å². The Hall–Kier alpha value is -3.84. The van der Waals surface area contributed by atoms with E-state index in [1.165, 1.54) is 12.1 Å². The van der Waals surface area contributed by atoms with Gasteiger partial charge < -0.3 is 24.4 Å². The number of rotatable bonds is 6. The van der Waals surface area contributed by atoms with Crippen molar-refractivity contribution in [3.05, 3.63) is 81.9 Å². The summed E-state index contributed by atoms with van der Waals surface area (Å²) in [4.78, 5) is 24.8. The molecule has 0 radical (unpaired) electrons. The Bertz CT molecular complexity index is 1320. The van der Waals surface area contributed by atoms with Crippen molar-refractivity contribution in [3.63, 3.8) is 0 Å². The van der Waals surface area contributed by atoms with Gasteiger partial charge in [0, 0.05) is 34.7 Å². The SMILES string of the molecule is Cc1c(CCC(=O)Nc2cccc(-c3ccc(CO)o3)c2)c(=O)oc2cc(O)ccc12. The van der Waals surface area contributed by atoms with Gasteiger partial charge in [0.25, 0.3) is 0 Å². The molecule has 4 aromatic rings. The number of carbonyl (C=O) groups excluding carboxylic acids is 1. The van der Waals surface area contributed by atoms with Crippen molar-refractivity contribution in [2.75, 3.05) is 5.32 Å². The van der Waals surface area contributed by atoms with Crippen LogP contribution in [0.4, 0.5) is 5.69 Å². The van der Waals surface area contributed by atoms with E-state index in [1.54, 1.807) is 43.3 Å². The van der Waals surface area contributed by atoms with Crippen molar-refractivity contribution in [1.29, 1.82) is 0 Å². The number of furan rings is 1. The molecule has 7 nitrogen and oxygen atoms in total. The summed E-state index contributed by atoms with van der Waals surface area (Å²) in [5, 5.41) is 22.3. The molecule has 2 heterocycles. The van der Waals surface area contributed by atoms with Crippen LogP contribution in [-0.4, -0.2) is 16.1 Å². The van der Waals surface area contributed by atoms with E-state index in [0.29, 0.717) is 28.4 Å². The molecule has 0 unspecified atom stereocenters. The normalized spacial score (nSPS) is 11.0. The van der Waals surface area contributed by atoms with Crippen LogP contribution >= 0.6 is 0 Å². The van der Waals surface area contributed by atoms with Crippen molar-refractivity contribution < 1.29 is 23.8 Å². The first-order chi connectivity index (χ1) is 14.9. The van der Waals surface area contributed by atoms with E-state index < -0.39 is 5.63 Å². The molecule has 0 saturated heterocycles. The van der Waals surface area contributed by atoms with Gasteiger partial charge in [-0.3, -0.25) is 4.79 Å². The molecule has 0 fully saturated rings. The lowest BCUT2D eigenvalue weighted by Crippen LogP contribution is -2.16. The molecule has 2 aromatic heterocycles. The van der Waals surface area contributed by atoms with Crippen molar-refractivity contribution >= 4 is 22.6 Å². The molecule has 0 bridgehead atoms. The lowest BCUT2D eigenvalue weighted by Gasteiger charge is -2.09. The molecule has 2 aromatic carbocycles. The summed E-state index contributed by atoms with van der Waals surface area (Å²) >= 11 is 0. The number of benzene rings is 2. The molecular formula is C24H21NO6. The molecule has 4 rings (SSSR count). The molecule has 158 valence electrons. The molecular weight excluding hydrogens is 398 g/mol. The molecule has 0 spiro atoms. The Balaban J connectivity index is 1.47. The van der Waals surface area contributed by atoms with Gasteiger partial charge in [0.1, 0.15) is 29.5 Å². The number of nitrogens with one attached hydrogen (secondary N) is 1. The van der Waals surface area contributed by atoms with Crippen LogP contribution in [0.1, 0.15) is 23.3 Å². The number of aliphatic hydroxyl groups is 1. The molecule has 31 heavy (non-hydrogen) atoms. The van der Waals surface area contributed by atoms with Crippen LogP contribution in [0.2, 0.25) is 0 Å². The molecule has 7 heteroatoms. The van der Waals surface area contributed by atoms with Crippen LogP contribution in [-0.2, 0) is 17.8 Å². The number of hydrogen-bond acceptors (Lipinski definition) is 6. The Morgan fingerprint density at radius 1 is 1.06 bits per heavy atom. The lowest BCUT2D eigenvalue weighted by atomic mass is 10.0. The zero-order valence-electron chi connectivity index (χ0n) is 16.8. The van der Waals surface area contributed by atoms with Gasteiger partial charge in [-0.2, -0.15) is 0 Å². The molecule has 1 amide bonds. The smallest absolute Gasteiger partial charge is 0.339 e. The highest BCUT2D eigenvalue weighted by Gasteiger charge is 2.14. The Morgan fingerprint density at radius 3 is 2.68 bits per heavy atom. The summed E-state index contributed by atoms with van der Waals surface area (Å²) in [6.45, 7) is 1.62. The van der Waals surface area contributed by atoms with E-state index in [-0.39, 0.29) is 31.1 Å². The van der Waals surface area contributed by atoms with Crippen LogP contribution in [0.15, 0.2) is 68.2 Å². The van der Waals surface area contributed by atoms with E-state index in [9.17, 15) is 14.7 Å². The number of phenols is 1. The predicted octanol–water partition coefficient (Wildman–Crippen LogP) is 4.13. The van der Waals surface area contributed by atoms with Gasteiger partial charge in [0.05, 0.1) is 0 Å². The number of fused-ring (bicyclic) bond motifs is 1. The number of amides is 1. The molecule has 0 aliphatic rings. The largest absolute Gasteiger partial charge is 0.508 e. The van der Waals surface area contributed by atoms with Crippen LogP contribution in [0, 0.1) is 6.92 Å². The second-order valence-corrected chi connectivity index (χ2v) is 7.23. The molecule has 0 saturated carbocycles. The highest BCUT2D eigenvalue weighted by Crippen LogP contribution is 2.26. The van der Waals surface area contributed by atoms with Crippen LogP contribution in [0.3, 0.4) is 0 Å². The van der Waals surface area contributed by atoms with Crippen molar-refractivity contribution in [3.8, 4) is 17.1 Å². The van der Waals surface area contributed by atoms with Crippen molar-refractivity contribution in [2.45, 2.75) is 26.4 Å². The Kier molecular flexibility index (Phi) is 5.60. The second kappa shape index (κ2) is 8.49. The summed E-state index contributed by atoms with van der Waals surface area (Å²) in [5.74, 6) is 0.837. The van der Waals surface area contributed by atoms with Gasteiger partial charge in [-0.05, 0) is 55.3 Å². The second-order valence-electron chi connectivity index (χ2n) is 7.23. The number of aromatic hydroxyl groups is 1. The van der Waals surface area contributed by atoms with Crippen molar-refractivity contribution in [2.24, 2.45) is 0 Å². The quantitative estimate of drug-likeness (QED) is 0.405. The fraction of sp³-hybridized carbons (Fsp3) is 0.167. The number of aryl methyl sites for hydroxylation is 1. The third-order valence-corrected chi connectivity index (χ3v) is 5.12. The van der Waals surface area contributed by atoms with E-state index in [1.807, 2.05) is 6.07 Å². The van der Waals surface area contributed by atoms with E-state index in [2.05, 4.69) is 5.32 Å². The van der Waals surface area contributed by atoms with Gasteiger partial charge in [-0.15, -0.1) is 0 Å². The zero-order chi connectivity index (χ0) is 22.0. The topological polar surface area (TPSA) is 113 Å². The van der Waals surface area contributed by atoms with Gasteiger partial charge in [-0.25, -0.2) is 4.79 Å². The predicted molar refractivity (Wildman–Crippen MR) is 116 cm³/mol. The average molecular weight is 419 g/mol.